The summed E-state index contributed by atoms with van der Waals surface area (Å²) in [5, 5.41) is 14.9. The molecular weight excluding hydrogens is 486 g/mol. The zero-order valence-electron chi connectivity index (χ0n) is 18.6. The highest BCUT2D eigenvalue weighted by Crippen LogP contribution is 2.31. The Morgan fingerprint density at radius 3 is 2.40 bits per heavy atom. The molecule has 0 bridgehead atoms. The van der Waals surface area contributed by atoms with Crippen LogP contribution in [0.3, 0.4) is 0 Å². The number of hydrogen-bond acceptors (Lipinski definition) is 7. The van der Waals surface area contributed by atoms with Gasteiger partial charge in [0, 0.05) is 11.4 Å². The van der Waals surface area contributed by atoms with Gasteiger partial charge in [-0.3, -0.25) is 9.59 Å². The minimum Gasteiger partial charge on any atom is -0.494 e. The molecule has 1 aromatic heterocycles. The standard InChI is InChI=1S/C25H21N3O5S2/c1-2-33-17-10-7-15(8-11-17)26-22(29)14-34-25-28-20-12-9-16(13-21(20)35-25)27-23(30)18-5-3-4-6-19(18)24(31)32/h3-13H,2,14H2,1H3,(H,26,29)(H,27,30)(H,31,32). The number of rotatable bonds is 9. The Morgan fingerprint density at radius 1 is 0.971 bits per heavy atom. The molecule has 8 nitrogen and oxygen atoms in total. The summed E-state index contributed by atoms with van der Waals surface area (Å²) in [4.78, 5) is 40.9. The first-order valence-corrected chi connectivity index (χ1v) is 12.4. The number of carboxylic acid groups (broad SMARTS) is 1. The summed E-state index contributed by atoms with van der Waals surface area (Å²) in [6.45, 7) is 2.49. The van der Waals surface area contributed by atoms with Crippen molar-refractivity contribution in [1.82, 2.24) is 4.98 Å². The van der Waals surface area contributed by atoms with Crippen LogP contribution in [0.5, 0.6) is 5.75 Å². The maximum absolute atomic E-state index is 12.6. The Bertz CT molecular complexity index is 1390. The van der Waals surface area contributed by atoms with E-state index < -0.39 is 11.9 Å². The number of thiazole rings is 1. The molecule has 0 unspecified atom stereocenters. The van der Waals surface area contributed by atoms with Gasteiger partial charge < -0.3 is 20.5 Å². The van der Waals surface area contributed by atoms with E-state index in [1.54, 1.807) is 54.6 Å². The number of nitrogens with zero attached hydrogens (tertiary/aromatic N) is 1. The molecule has 0 saturated carbocycles. The van der Waals surface area contributed by atoms with E-state index in [-0.39, 0.29) is 22.8 Å². The topological polar surface area (TPSA) is 118 Å². The highest BCUT2D eigenvalue weighted by molar-refractivity contribution is 8.01. The first-order valence-electron chi connectivity index (χ1n) is 10.6. The lowest BCUT2D eigenvalue weighted by atomic mass is 10.1. The van der Waals surface area contributed by atoms with Crippen LogP contribution in [-0.2, 0) is 4.79 Å². The molecule has 2 amide bonds. The van der Waals surface area contributed by atoms with Gasteiger partial charge in [-0.05, 0) is 61.5 Å². The van der Waals surface area contributed by atoms with E-state index in [0.29, 0.717) is 18.0 Å². The second kappa shape index (κ2) is 11.0. The number of benzene rings is 3. The normalized spacial score (nSPS) is 10.7. The molecule has 0 spiro atoms. The monoisotopic (exact) mass is 507 g/mol. The number of anilines is 2. The van der Waals surface area contributed by atoms with Crippen LogP contribution in [0.4, 0.5) is 11.4 Å². The lowest BCUT2D eigenvalue weighted by Crippen LogP contribution is -2.16. The Kier molecular flexibility index (Phi) is 7.64. The molecule has 4 aromatic rings. The van der Waals surface area contributed by atoms with Crippen molar-refractivity contribution in [2.75, 3.05) is 23.0 Å². The number of nitrogens with one attached hydrogen (secondary N) is 2. The summed E-state index contributed by atoms with van der Waals surface area (Å²) in [5.41, 5.74) is 1.97. The highest BCUT2D eigenvalue weighted by atomic mass is 32.2. The number of hydrogen-bond donors (Lipinski definition) is 3. The van der Waals surface area contributed by atoms with Gasteiger partial charge in [-0.2, -0.15) is 0 Å². The number of aromatic nitrogens is 1. The largest absolute Gasteiger partial charge is 0.494 e. The van der Waals surface area contributed by atoms with E-state index >= 15 is 0 Å². The molecule has 0 fully saturated rings. The van der Waals surface area contributed by atoms with E-state index in [9.17, 15) is 19.5 Å². The second-order valence-electron chi connectivity index (χ2n) is 7.26. The molecule has 3 aromatic carbocycles. The Labute approximate surface area is 209 Å². The lowest BCUT2D eigenvalue weighted by molar-refractivity contribution is -0.113. The van der Waals surface area contributed by atoms with Gasteiger partial charge in [-0.25, -0.2) is 9.78 Å². The van der Waals surface area contributed by atoms with Crippen LogP contribution < -0.4 is 15.4 Å². The van der Waals surface area contributed by atoms with Crippen LogP contribution in [0, 0.1) is 0 Å². The molecule has 4 rings (SSSR count). The first-order chi connectivity index (χ1) is 16.9. The maximum atomic E-state index is 12.6. The first kappa shape index (κ1) is 24.2. The number of ether oxygens (including phenoxy) is 1. The van der Waals surface area contributed by atoms with Crippen LogP contribution in [0.2, 0.25) is 0 Å². The fourth-order valence-corrected chi connectivity index (χ4v) is 5.14. The molecule has 10 heteroatoms. The highest BCUT2D eigenvalue weighted by Gasteiger charge is 2.16. The van der Waals surface area contributed by atoms with Crippen molar-refractivity contribution in [3.8, 4) is 5.75 Å². The van der Waals surface area contributed by atoms with E-state index in [1.165, 1.54) is 35.2 Å². The van der Waals surface area contributed by atoms with Crippen molar-refractivity contribution in [2.24, 2.45) is 0 Å². The van der Waals surface area contributed by atoms with Crippen LogP contribution in [-0.4, -0.2) is 40.2 Å². The average Bonchev–Trinajstić information content (AvgIpc) is 3.26. The zero-order chi connectivity index (χ0) is 24.8. The van der Waals surface area contributed by atoms with Crippen molar-refractivity contribution >= 4 is 62.5 Å². The zero-order valence-corrected chi connectivity index (χ0v) is 20.2. The molecule has 0 aliphatic heterocycles. The van der Waals surface area contributed by atoms with E-state index in [4.69, 9.17) is 4.74 Å². The van der Waals surface area contributed by atoms with Gasteiger partial charge in [-0.1, -0.05) is 23.9 Å². The molecule has 0 aliphatic rings. The molecular formula is C25H21N3O5S2. The molecule has 3 N–H and O–H groups in total. The summed E-state index contributed by atoms with van der Waals surface area (Å²) in [6, 6.07) is 18.5. The third-order valence-corrected chi connectivity index (χ3v) is 6.97. The Balaban J connectivity index is 1.37. The molecule has 35 heavy (non-hydrogen) atoms. The fourth-order valence-electron chi connectivity index (χ4n) is 3.23. The van der Waals surface area contributed by atoms with Crippen molar-refractivity contribution in [1.29, 1.82) is 0 Å². The summed E-state index contributed by atoms with van der Waals surface area (Å²) >= 11 is 2.73. The third-order valence-electron chi connectivity index (χ3n) is 4.80. The number of fused-ring (bicyclic) bond motifs is 1. The lowest BCUT2D eigenvalue weighted by Gasteiger charge is -2.07. The molecule has 0 radical (unpaired) electrons. The second-order valence-corrected chi connectivity index (χ2v) is 9.51. The number of aromatic carboxylic acids is 1. The number of carbonyl (C=O) groups is 3. The number of amides is 2. The van der Waals surface area contributed by atoms with Crippen LogP contribution in [0.1, 0.15) is 27.6 Å². The van der Waals surface area contributed by atoms with Gasteiger partial charge >= 0.3 is 5.97 Å². The summed E-state index contributed by atoms with van der Waals surface area (Å²) in [6.07, 6.45) is 0. The van der Waals surface area contributed by atoms with Gasteiger partial charge in [0.15, 0.2) is 4.34 Å². The smallest absolute Gasteiger partial charge is 0.336 e. The third kappa shape index (κ3) is 6.17. The molecule has 0 saturated heterocycles. The van der Waals surface area contributed by atoms with E-state index in [2.05, 4.69) is 15.6 Å². The molecule has 178 valence electrons. The van der Waals surface area contributed by atoms with Crippen molar-refractivity contribution < 1.29 is 24.2 Å². The SMILES string of the molecule is CCOc1ccc(NC(=O)CSc2nc3ccc(NC(=O)c4ccccc4C(=O)O)cc3s2)cc1. The van der Waals surface area contributed by atoms with Crippen molar-refractivity contribution in [3.05, 3.63) is 77.9 Å². The van der Waals surface area contributed by atoms with Crippen molar-refractivity contribution in [3.63, 3.8) is 0 Å². The Morgan fingerprint density at radius 2 is 1.69 bits per heavy atom. The van der Waals surface area contributed by atoms with Crippen molar-refractivity contribution in [2.45, 2.75) is 11.3 Å². The van der Waals surface area contributed by atoms with Gasteiger partial charge in [-0.15, -0.1) is 11.3 Å². The molecule has 0 aliphatic carbocycles. The van der Waals surface area contributed by atoms with E-state index in [1.807, 2.05) is 6.92 Å². The predicted octanol–water partition coefficient (Wildman–Crippen LogP) is 5.38. The van der Waals surface area contributed by atoms with Crippen LogP contribution >= 0.6 is 23.1 Å². The minimum atomic E-state index is -1.16. The van der Waals surface area contributed by atoms with Gasteiger partial charge in [0.2, 0.25) is 5.91 Å². The maximum Gasteiger partial charge on any atom is 0.336 e. The minimum absolute atomic E-state index is 0.0638. The summed E-state index contributed by atoms with van der Waals surface area (Å²) in [5.74, 6) is -0.878. The summed E-state index contributed by atoms with van der Waals surface area (Å²) in [7, 11) is 0. The predicted molar refractivity (Wildman–Crippen MR) is 138 cm³/mol. The van der Waals surface area contributed by atoms with Gasteiger partial charge in [0.25, 0.3) is 5.91 Å². The summed E-state index contributed by atoms with van der Waals surface area (Å²) < 4.78 is 6.96. The van der Waals surface area contributed by atoms with Crippen LogP contribution in [0.25, 0.3) is 10.2 Å². The van der Waals surface area contributed by atoms with E-state index in [0.717, 1.165) is 20.3 Å². The quantitative estimate of drug-likeness (QED) is 0.261. The van der Waals surface area contributed by atoms with Gasteiger partial charge in [0.05, 0.1) is 33.7 Å². The number of thioether (sulfide) groups is 1. The molecule has 0 atom stereocenters. The molecule has 1 heterocycles. The fraction of sp³-hybridized carbons (Fsp3) is 0.120. The average molecular weight is 508 g/mol. The van der Waals surface area contributed by atoms with Crippen LogP contribution in [0.15, 0.2) is 71.1 Å². The van der Waals surface area contributed by atoms with Gasteiger partial charge in [0.1, 0.15) is 5.75 Å². The number of carboxylic acids is 1. The Hall–Kier alpha value is -3.89. The number of carbonyl (C=O) groups excluding carboxylic acids is 2.